The fraction of sp³-hybridized carbons (Fsp3) is 0.304. The molecule has 29 heavy (non-hydrogen) atoms. The van der Waals surface area contributed by atoms with Crippen LogP contribution in [0.3, 0.4) is 0 Å². The van der Waals surface area contributed by atoms with Crippen LogP contribution in [0.2, 0.25) is 0 Å². The number of ether oxygens (including phenoxy) is 1. The average Bonchev–Trinajstić information content (AvgIpc) is 3.39. The SMILES string of the molecule is O=C1OC(=O)[C@]23[C@H]4c5ccccc5[C@H](c5ccc([N+](=O)[O-])cc54)[C@]12[C@H]1C=C[C@@H]3C1. The van der Waals surface area contributed by atoms with Gasteiger partial charge in [0.25, 0.3) is 5.69 Å². The number of cyclic esters (lactones) is 2. The molecule has 1 aliphatic heterocycles. The molecule has 6 heteroatoms. The van der Waals surface area contributed by atoms with E-state index in [0.29, 0.717) is 0 Å². The van der Waals surface area contributed by atoms with Gasteiger partial charge in [-0.25, -0.2) is 0 Å². The van der Waals surface area contributed by atoms with Crippen molar-refractivity contribution in [2.45, 2.75) is 18.3 Å². The molecule has 2 aromatic rings. The van der Waals surface area contributed by atoms with Crippen molar-refractivity contribution < 1.29 is 19.2 Å². The van der Waals surface area contributed by atoms with E-state index in [1.54, 1.807) is 12.1 Å². The fourth-order valence-corrected chi connectivity index (χ4v) is 7.56. The number of non-ortho nitro benzene ring substituents is 1. The number of carbonyl (C=O) groups excluding carboxylic acids is 2. The van der Waals surface area contributed by atoms with Crippen molar-refractivity contribution in [2.75, 3.05) is 0 Å². The van der Waals surface area contributed by atoms with Gasteiger partial charge in [-0.15, -0.1) is 0 Å². The lowest BCUT2D eigenvalue weighted by molar-refractivity contribution is -0.385. The molecule has 1 heterocycles. The number of esters is 2. The predicted octanol–water partition coefficient (Wildman–Crippen LogP) is 3.45. The first-order valence-electron chi connectivity index (χ1n) is 9.85. The minimum Gasteiger partial charge on any atom is -0.392 e. The Kier molecular flexibility index (Phi) is 2.41. The summed E-state index contributed by atoms with van der Waals surface area (Å²) in [6.45, 7) is 0. The lowest BCUT2D eigenvalue weighted by Gasteiger charge is -2.58. The highest BCUT2D eigenvalue weighted by molar-refractivity contribution is 6.07. The number of rotatable bonds is 1. The van der Waals surface area contributed by atoms with Crippen molar-refractivity contribution >= 4 is 17.6 Å². The first kappa shape index (κ1) is 15.6. The van der Waals surface area contributed by atoms with Crippen LogP contribution >= 0.6 is 0 Å². The molecule has 0 amide bonds. The largest absolute Gasteiger partial charge is 0.392 e. The first-order valence-corrected chi connectivity index (χ1v) is 9.85. The molecule has 0 spiro atoms. The summed E-state index contributed by atoms with van der Waals surface area (Å²) in [6, 6.07) is 12.8. The number of nitro groups is 1. The summed E-state index contributed by atoms with van der Waals surface area (Å²) in [5.74, 6) is -1.79. The van der Waals surface area contributed by atoms with Gasteiger partial charge >= 0.3 is 11.9 Å². The van der Waals surface area contributed by atoms with E-state index >= 15 is 0 Å². The van der Waals surface area contributed by atoms with E-state index in [0.717, 1.165) is 28.7 Å². The Morgan fingerprint density at radius 3 is 2.00 bits per heavy atom. The molecule has 6 aliphatic rings. The van der Waals surface area contributed by atoms with Crippen molar-refractivity contribution in [3.63, 3.8) is 0 Å². The molecule has 8 rings (SSSR count). The predicted molar refractivity (Wildman–Crippen MR) is 99.9 cm³/mol. The van der Waals surface area contributed by atoms with Crippen molar-refractivity contribution in [3.8, 4) is 0 Å². The fourth-order valence-electron chi connectivity index (χ4n) is 7.56. The highest BCUT2D eigenvalue weighted by Gasteiger charge is 2.86. The molecular formula is C23H15NO5. The van der Waals surface area contributed by atoms with Crippen LogP contribution in [0.4, 0.5) is 5.69 Å². The lowest BCUT2D eigenvalue weighted by atomic mass is 9.38. The molecule has 2 aromatic carbocycles. The van der Waals surface area contributed by atoms with Crippen LogP contribution in [0.1, 0.15) is 40.5 Å². The Balaban J connectivity index is 1.67. The third-order valence-corrected chi connectivity index (χ3v) is 8.23. The molecule has 4 bridgehead atoms. The monoisotopic (exact) mass is 385 g/mol. The second-order valence-corrected chi connectivity index (χ2v) is 8.81. The third kappa shape index (κ3) is 1.31. The van der Waals surface area contributed by atoms with Crippen LogP contribution < -0.4 is 0 Å². The molecule has 0 N–H and O–H groups in total. The molecule has 5 aliphatic carbocycles. The van der Waals surface area contributed by atoms with Gasteiger partial charge in [-0.05, 0) is 40.5 Å². The highest BCUT2D eigenvalue weighted by Crippen LogP contribution is 2.82. The van der Waals surface area contributed by atoms with Gasteiger partial charge in [-0.3, -0.25) is 19.7 Å². The van der Waals surface area contributed by atoms with Crippen LogP contribution in [0.5, 0.6) is 0 Å². The zero-order chi connectivity index (χ0) is 19.7. The van der Waals surface area contributed by atoms with Gasteiger partial charge < -0.3 is 4.74 Å². The Morgan fingerprint density at radius 2 is 1.41 bits per heavy atom. The number of nitro benzene ring substituents is 1. The van der Waals surface area contributed by atoms with E-state index in [2.05, 4.69) is 12.2 Å². The minimum atomic E-state index is -1.01. The van der Waals surface area contributed by atoms with Gasteiger partial charge in [0.1, 0.15) is 10.8 Å². The molecule has 142 valence electrons. The first-order chi connectivity index (χ1) is 14.0. The van der Waals surface area contributed by atoms with E-state index < -0.39 is 33.6 Å². The summed E-state index contributed by atoms with van der Waals surface area (Å²) in [6.07, 6.45) is 4.89. The summed E-state index contributed by atoms with van der Waals surface area (Å²) < 4.78 is 5.41. The maximum Gasteiger partial charge on any atom is 0.322 e. The number of nitrogens with zero attached hydrogens (tertiary/aromatic N) is 1. The maximum atomic E-state index is 13.4. The summed E-state index contributed by atoms with van der Waals surface area (Å²) in [4.78, 5) is 37.9. The van der Waals surface area contributed by atoms with E-state index in [9.17, 15) is 19.7 Å². The average molecular weight is 385 g/mol. The highest BCUT2D eigenvalue weighted by atomic mass is 16.6. The zero-order valence-electron chi connectivity index (χ0n) is 15.2. The number of benzene rings is 2. The van der Waals surface area contributed by atoms with Crippen molar-refractivity contribution in [1.82, 2.24) is 0 Å². The number of hydrogen-bond acceptors (Lipinski definition) is 5. The van der Waals surface area contributed by atoms with Gasteiger partial charge in [-0.2, -0.15) is 0 Å². The Bertz CT molecular complexity index is 1230. The minimum absolute atomic E-state index is 0.00664. The maximum absolute atomic E-state index is 13.4. The van der Waals surface area contributed by atoms with Gasteiger partial charge in [0, 0.05) is 24.0 Å². The van der Waals surface area contributed by atoms with Gasteiger partial charge in [0.15, 0.2) is 0 Å². The number of hydrogen-bond donors (Lipinski definition) is 0. The molecule has 1 saturated heterocycles. The summed E-state index contributed by atoms with van der Waals surface area (Å²) in [5.41, 5.74) is 1.80. The Morgan fingerprint density at radius 1 is 0.862 bits per heavy atom. The third-order valence-electron chi connectivity index (χ3n) is 8.23. The molecule has 0 aromatic heterocycles. The van der Waals surface area contributed by atoms with E-state index in [4.69, 9.17) is 4.74 Å². The summed E-state index contributed by atoms with van der Waals surface area (Å²) in [7, 11) is 0. The summed E-state index contributed by atoms with van der Waals surface area (Å²) >= 11 is 0. The van der Waals surface area contributed by atoms with E-state index in [-0.39, 0.29) is 23.4 Å². The van der Waals surface area contributed by atoms with Crippen molar-refractivity contribution in [1.29, 1.82) is 0 Å². The van der Waals surface area contributed by atoms with Crippen molar-refractivity contribution in [3.05, 3.63) is 87.0 Å². The number of allylic oxidation sites excluding steroid dienone is 2. The van der Waals surface area contributed by atoms with E-state index in [1.807, 2.05) is 24.3 Å². The molecule has 0 unspecified atom stereocenters. The van der Waals surface area contributed by atoms with Crippen LogP contribution in [0.25, 0.3) is 0 Å². The van der Waals surface area contributed by atoms with Crippen LogP contribution in [-0.4, -0.2) is 16.9 Å². The van der Waals surface area contributed by atoms with Crippen molar-refractivity contribution in [2.24, 2.45) is 22.7 Å². The van der Waals surface area contributed by atoms with Gasteiger partial charge in [-0.1, -0.05) is 42.5 Å². The quantitative estimate of drug-likeness (QED) is 0.247. The molecule has 6 atom stereocenters. The Hall–Kier alpha value is -3.28. The van der Waals surface area contributed by atoms with E-state index in [1.165, 1.54) is 6.07 Å². The van der Waals surface area contributed by atoms with Crippen LogP contribution in [-0.2, 0) is 14.3 Å². The number of carbonyl (C=O) groups is 2. The normalized spacial score (nSPS) is 39.0. The topological polar surface area (TPSA) is 86.5 Å². The number of fused-ring (bicyclic) bond motifs is 2. The molecule has 0 radical (unpaired) electrons. The van der Waals surface area contributed by atoms with Gasteiger partial charge in [0.2, 0.25) is 0 Å². The molecule has 1 saturated carbocycles. The second kappa shape index (κ2) is 4.48. The standard InChI is InChI=1S/C23H15NO5/c25-20-22-11-5-6-12(9-11)23(22,21(26)29-20)19-15-4-2-1-3-14(15)18(22)16-8-7-13(24(27)28)10-17(16)19/h1-8,10-12,18-19H,9H2/t11-,12+,18+,19-,22+,23-/m0/s1. The Labute approximate surface area is 165 Å². The lowest BCUT2D eigenvalue weighted by Crippen LogP contribution is -2.60. The summed E-state index contributed by atoms with van der Waals surface area (Å²) in [5, 5.41) is 11.5. The molecule has 2 fully saturated rings. The second-order valence-electron chi connectivity index (χ2n) is 8.81. The molecule has 6 nitrogen and oxygen atoms in total. The smallest absolute Gasteiger partial charge is 0.322 e. The zero-order valence-corrected chi connectivity index (χ0v) is 15.2. The van der Waals surface area contributed by atoms with Gasteiger partial charge in [0.05, 0.1) is 4.92 Å². The van der Waals surface area contributed by atoms with Crippen LogP contribution in [0.15, 0.2) is 54.6 Å². The molecular weight excluding hydrogens is 370 g/mol. The van der Waals surface area contributed by atoms with Crippen LogP contribution in [0, 0.1) is 32.8 Å².